The second kappa shape index (κ2) is 17.6. The number of esters is 1. The van der Waals surface area contributed by atoms with E-state index in [1.54, 1.807) is 64.1 Å². The van der Waals surface area contributed by atoms with Gasteiger partial charge >= 0.3 is 11.8 Å². The number of phenols is 3. The van der Waals surface area contributed by atoms with Crippen LogP contribution in [-0.2, 0) is 30.3 Å². The van der Waals surface area contributed by atoms with Gasteiger partial charge in [-0.1, -0.05) is 64.1 Å². The Morgan fingerprint density at radius 1 is 0.952 bits per heavy atom. The standard InChI is InChI=1S/C46H53N3O13/c1-21-13-12-14-22(2)44(57)48-35-30(19-47-49-20-28-15-10-11-16-29(28)45(49)58)39(54)32-33(40(35)55)38(53)26(6)42-34(32)43(56)46(8,62-42)60-18-17-31(59-9)23(3)41(61-27(7)50)25(5)37(52)24(4)36(21)51/h10-19,21,23-25,31,36-37,41,51-55H,20H2,1-9H3,(H,48,57). The Bertz CT molecular complexity index is 2440. The summed E-state index contributed by atoms with van der Waals surface area (Å²) in [6.07, 6.45) is 4.34. The van der Waals surface area contributed by atoms with Crippen LogP contribution in [0, 0.1) is 30.6 Å². The van der Waals surface area contributed by atoms with E-state index in [1.165, 1.54) is 53.2 Å². The summed E-state index contributed by atoms with van der Waals surface area (Å²) < 4.78 is 23.6. The van der Waals surface area contributed by atoms with Gasteiger partial charge in [0, 0.05) is 66.7 Å². The number of Topliss-reactive ketones (excluding diaryl/α,β-unsaturated/α-hetero) is 1. The summed E-state index contributed by atoms with van der Waals surface area (Å²) >= 11 is 0. The van der Waals surface area contributed by atoms with Gasteiger partial charge in [0.15, 0.2) is 5.75 Å². The number of anilines is 1. The molecular weight excluding hydrogens is 803 g/mol. The molecule has 0 aliphatic carbocycles. The average molecular weight is 856 g/mol. The second-order valence-electron chi connectivity index (χ2n) is 16.4. The summed E-state index contributed by atoms with van der Waals surface area (Å²) in [4.78, 5) is 53.9. The third kappa shape index (κ3) is 8.12. The van der Waals surface area contributed by atoms with E-state index >= 15 is 0 Å². The number of hydrogen-bond acceptors (Lipinski definition) is 14. The number of amides is 2. The number of aliphatic hydroxyl groups is 2. The fraction of sp³-hybridized carbons (Fsp3) is 0.413. The number of methoxy groups -OCH3 is 1. The van der Waals surface area contributed by atoms with E-state index in [9.17, 15) is 44.7 Å². The van der Waals surface area contributed by atoms with Gasteiger partial charge < -0.3 is 49.8 Å². The van der Waals surface area contributed by atoms with E-state index in [2.05, 4.69) is 10.4 Å². The molecule has 330 valence electrons. The summed E-state index contributed by atoms with van der Waals surface area (Å²) in [6, 6.07) is 6.89. The Morgan fingerprint density at radius 2 is 1.65 bits per heavy atom. The van der Waals surface area contributed by atoms with Gasteiger partial charge in [-0.05, 0) is 31.6 Å². The monoisotopic (exact) mass is 855 g/mol. The molecule has 3 aromatic rings. The molecule has 2 amide bonds. The molecule has 7 rings (SSSR count). The zero-order valence-electron chi connectivity index (χ0n) is 36.0. The van der Waals surface area contributed by atoms with E-state index in [4.69, 9.17) is 18.9 Å². The van der Waals surface area contributed by atoms with Gasteiger partial charge in [-0.3, -0.25) is 19.2 Å². The zero-order chi connectivity index (χ0) is 45.5. The van der Waals surface area contributed by atoms with Crippen LogP contribution in [0.15, 0.2) is 65.5 Å². The molecule has 9 unspecified atom stereocenters. The number of phenolic OH excluding ortho intramolecular Hbond substituents is 3. The molecule has 9 atom stereocenters. The van der Waals surface area contributed by atoms with Crippen LogP contribution < -0.4 is 10.1 Å². The van der Waals surface area contributed by atoms with Crippen molar-refractivity contribution in [3.63, 3.8) is 0 Å². The van der Waals surface area contributed by atoms with E-state index in [-0.39, 0.29) is 45.3 Å². The minimum Gasteiger partial charge on any atom is -0.507 e. The summed E-state index contributed by atoms with van der Waals surface area (Å²) in [5.41, 5.74) is 0.268. The molecule has 5 bridgehead atoms. The molecule has 3 aromatic carbocycles. The minimum atomic E-state index is -2.10. The first kappa shape index (κ1) is 45.3. The van der Waals surface area contributed by atoms with E-state index in [0.717, 1.165) is 11.2 Å². The van der Waals surface area contributed by atoms with Crippen molar-refractivity contribution in [2.45, 2.75) is 92.1 Å². The van der Waals surface area contributed by atoms with Crippen LogP contribution in [0.1, 0.15) is 85.9 Å². The normalized spacial score (nSPS) is 28.3. The Balaban J connectivity index is 1.53. The molecule has 0 saturated heterocycles. The van der Waals surface area contributed by atoms with Gasteiger partial charge in [0.25, 0.3) is 17.6 Å². The van der Waals surface area contributed by atoms with Gasteiger partial charge in [-0.15, -0.1) is 0 Å². The van der Waals surface area contributed by atoms with Crippen molar-refractivity contribution < 1.29 is 63.7 Å². The minimum absolute atomic E-state index is 0.00315. The van der Waals surface area contributed by atoms with Gasteiger partial charge in [-0.2, -0.15) is 5.10 Å². The van der Waals surface area contributed by atoms with Crippen molar-refractivity contribution in [3.05, 3.63) is 88.2 Å². The first-order valence-electron chi connectivity index (χ1n) is 20.3. The number of rotatable bonds is 4. The Morgan fingerprint density at radius 3 is 2.31 bits per heavy atom. The maximum absolute atomic E-state index is 14.5. The van der Waals surface area contributed by atoms with Crippen molar-refractivity contribution in [3.8, 4) is 23.0 Å². The molecule has 16 nitrogen and oxygen atoms in total. The number of benzene rings is 3. The van der Waals surface area contributed by atoms with E-state index in [1.807, 2.05) is 0 Å². The maximum atomic E-state index is 14.5. The number of nitrogens with one attached hydrogen (secondary N) is 1. The number of aliphatic hydroxyl groups excluding tert-OH is 2. The van der Waals surface area contributed by atoms with Gasteiger partial charge in [0.05, 0.1) is 59.5 Å². The number of aromatic hydroxyl groups is 3. The lowest BCUT2D eigenvalue weighted by molar-refractivity contribution is -0.160. The first-order chi connectivity index (χ1) is 29.2. The maximum Gasteiger partial charge on any atom is 0.312 e. The highest BCUT2D eigenvalue weighted by Crippen LogP contribution is 2.55. The third-order valence-corrected chi connectivity index (χ3v) is 12.2. The highest BCUT2D eigenvalue weighted by molar-refractivity contribution is 6.24. The topological polar surface area (TPSA) is 234 Å². The van der Waals surface area contributed by atoms with E-state index < -0.39 is 100 Å². The average Bonchev–Trinajstić information content (AvgIpc) is 3.70. The van der Waals surface area contributed by atoms with Crippen LogP contribution >= 0.6 is 0 Å². The predicted molar refractivity (Wildman–Crippen MR) is 228 cm³/mol. The SMILES string of the molecule is COC1C=COC2(C)Oc3c(C)c(O)c4c(O)c(c(C=NN5Cc6ccccc6C5=O)c(O)c4c3C2=O)NC(=O)C(C)=CC=CC(C)C(O)C(C)C(O)C(C)C(OC(C)=O)C1C. The summed E-state index contributed by atoms with van der Waals surface area (Å²) in [7, 11) is 1.42. The number of ether oxygens (including phenoxy) is 4. The first-order valence-corrected chi connectivity index (χ1v) is 20.3. The second-order valence-corrected chi connectivity index (χ2v) is 16.4. The van der Waals surface area contributed by atoms with Crippen LogP contribution in [0.3, 0.4) is 0 Å². The van der Waals surface area contributed by atoms with Gasteiger partial charge in [0.2, 0.25) is 0 Å². The fourth-order valence-electron chi connectivity index (χ4n) is 8.33. The Labute approximate surface area is 358 Å². The predicted octanol–water partition coefficient (Wildman–Crippen LogP) is 5.74. The van der Waals surface area contributed by atoms with Crippen LogP contribution in [0.25, 0.3) is 10.8 Å². The molecular formula is C46H53N3O13. The largest absolute Gasteiger partial charge is 0.507 e. The number of allylic oxidation sites excluding steroid dienone is 2. The number of ketones is 1. The number of hydrogen-bond donors (Lipinski definition) is 6. The van der Waals surface area contributed by atoms with Crippen LogP contribution in [0.2, 0.25) is 0 Å². The lowest BCUT2D eigenvalue weighted by Crippen LogP contribution is -2.46. The molecule has 0 saturated carbocycles. The van der Waals surface area contributed by atoms with Gasteiger partial charge in [0.1, 0.15) is 23.4 Å². The van der Waals surface area contributed by atoms with E-state index in [0.29, 0.717) is 11.1 Å². The van der Waals surface area contributed by atoms with Crippen molar-refractivity contribution in [2.75, 3.05) is 12.4 Å². The van der Waals surface area contributed by atoms with Crippen LogP contribution in [0.4, 0.5) is 5.69 Å². The van der Waals surface area contributed by atoms with Crippen molar-refractivity contribution >= 4 is 46.2 Å². The number of carbonyl (C=O) groups excluding carboxylic acids is 4. The van der Waals surface area contributed by atoms with Crippen molar-refractivity contribution in [1.82, 2.24) is 5.01 Å². The van der Waals surface area contributed by atoms with Crippen LogP contribution in [0.5, 0.6) is 23.0 Å². The highest BCUT2D eigenvalue weighted by atomic mass is 16.7. The van der Waals surface area contributed by atoms with Crippen molar-refractivity contribution in [2.24, 2.45) is 28.8 Å². The number of nitrogens with zero attached hydrogens (tertiary/aromatic N) is 2. The third-order valence-electron chi connectivity index (χ3n) is 12.2. The molecule has 4 aliphatic rings. The zero-order valence-corrected chi connectivity index (χ0v) is 36.0. The smallest absolute Gasteiger partial charge is 0.312 e. The Hall–Kier alpha value is -6.23. The highest BCUT2D eigenvalue weighted by Gasteiger charge is 2.50. The molecule has 4 heterocycles. The number of carbonyl (C=O) groups is 4. The molecule has 0 radical (unpaired) electrons. The summed E-state index contributed by atoms with van der Waals surface area (Å²) in [5.74, 6) is -9.48. The van der Waals surface area contributed by atoms with Gasteiger partial charge in [-0.25, -0.2) is 5.01 Å². The molecule has 0 spiro atoms. The number of hydrazone groups is 1. The lowest BCUT2D eigenvalue weighted by atomic mass is 9.78. The lowest BCUT2D eigenvalue weighted by Gasteiger charge is -2.38. The van der Waals surface area contributed by atoms with Crippen LogP contribution in [-0.4, -0.2) is 97.6 Å². The number of fused-ring (bicyclic) bond motifs is 15. The summed E-state index contributed by atoms with van der Waals surface area (Å²) in [6.45, 7) is 12.4. The molecule has 16 heteroatoms. The van der Waals surface area contributed by atoms with Crippen molar-refractivity contribution in [1.29, 1.82) is 0 Å². The molecule has 0 aromatic heterocycles. The molecule has 4 aliphatic heterocycles. The Kier molecular flexibility index (Phi) is 12.9. The fourth-order valence-corrected chi connectivity index (χ4v) is 8.33. The quantitative estimate of drug-likeness (QED) is 0.0796. The summed E-state index contributed by atoms with van der Waals surface area (Å²) in [5, 5.41) is 65.9. The molecule has 0 fully saturated rings. The molecule has 62 heavy (non-hydrogen) atoms. The molecule has 6 N–H and O–H groups in total.